The molecule has 0 unspecified atom stereocenters. The van der Waals surface area contributed by atoms with Crippen molar-refractivity contribution in [1.29, 1.82) is 0 Å². The zero-order chi connectivity index (χ0) is 37.4. The van der Waals surface area contributed by atoms with Gasteiger partial charge in [-0.2, -0.15) is 0 Å². The second kappa shape index (κ2) is 11.2. The smallest absolute Gasteiger partial charge is 0.333 e. The largest absolute Gasteiger partial charge is 0.375 e. The molecule has 3 heteroatoms. The van der Waals surface area contributed by atoms with Crippen LogP contribution in [0.3, 0.4) is 0 Å². The Labute approximate surface area is 323 Å². The van der Waals surface area contributed by atoms with Gasteiger partial charge in [-0.25, -0.2) is 0 Å². The Bertz CT molecular complexity index is 3030. The summed E-state index contributed by atoms with van der Waals surface area (Å²) in [6.07, 6.45) is 0. The maximum absolute atomic E-state index is 2.66. The van der Waals surface area contributed by atoms with Crippen LogP contribution < -0.4 is 15.8 Å². The molecule has 0 radical (unpaired) electrons. The number of hydrogen-bond donors (Lipinski definition) is 0. The van der Waals surface area contributed by atoms with Crippen molar-refractivity contribution in [3.8, 4) is 22.3 Å². The van der Waals surface area contributed by atoms with Crippen LogP contribution >= 0.6 is 0 Å². The molecule has 0 bridgehead atoms. The van der Waals surface area contributed by atoms with Crippen molar-refractivity contribution in [1.82, 2.24) is 4.48 Å². The van der Waals surface area contributed by atoms with Crippen LogP contribution in [0.25, 0.3) is 65.6 Å². The summed E-state index contributed by atoms with van der Waals surface area (Å²) in [6.45, 7) is 14.0. The highest BCUT2D eigenvalue weighted by Crippen LogP contribution is 2.48. The summed E-state index contributed by atoms with van der Waals surface area (Å²) in [6, 6.07) is 57.8. The van der Waals surface area contributed by atoms with E-state index in [4.69, 9.17) is 0 Å². The second-order valence-corrected chi connectivity index (χ2v) is 17.9. The van der Waals surface area contributed by atoms with Crippen molar-refractivity contribution in [2.75, 3.05) is 4.90 Å². The number of rotatable bonds is 2. The Hall–Kier alpha value is -6.06. The molecule has 11 rings (SSSR count). The van der Waals surface area contributed by atoms with Crippen LogP contribution in [0.5, 0.6) is 0 Å². The molecule has 0 atom stereocenters. The Kier molecular flexibility index (Phi) is 6.62. The first kappa shape index (κ1) is 32.4. The van der Waals surface area contributed by atoms with Gasteiger partial charge in [0.1, 0.15) is 0 Å². The summed E-state index contributed by atoms with van der Waals surface area (Å²) in [4.78, 5) is 2.55. The first-order chi connectivity index (χ1) is 26.5. The molecule has 0 amide bonds. The predicted molar refractivity (Wildman–Crippen MR) is 238 cm³/mol. The molecule has 2 aliphatic rings. The van der Waals surface area contributed by atoms with E-state index in [-0.39, 0.29) is 17.7 Å². The number of nitrogens with zero attached hydrogens (tertiary/aromatic N) is 2. The van der Waals surface area contributed by atoms with E-state index in [1.807, 2.05) is 0 Å². The Morgan fingerprint density at radius 2 is 1.07 bits per heavy atom. The summed E-state index contributed by atoms with van der Waals surface area (Å²) in [5.74, 6) is 0. The van der Waals surface area contributed by atoms with Crippen molar-refractivity contribution < 1.29 is 0 Å². The van der Waals surface area contributed by atoms with E-state index in [0.717, 1.165) is 0 Å². The van der Waals surface area contributed by atoms with Gasteiger partial charge in [0.15, 0.2) is 0 Å². The maximum Gasteiger partial charge on any atom is 0.333 e. The van der Waals surface area contributed by atoms with Gasteiger partial charge in [0.05, 0.1) is 0 Å². The molecule has 0 saturated carbocycles. The summed E-state index contributed by atoms with van der Waals surface area (Å²) >= 11 is 0. The van der Waals surface area contributed by atoms with Crippen LogP contribution in [0.1, 0.15) is 52.7 Å². The molecule has 9 aromatic rings. The standard InChI is InChI=1S/C52H43BN2/c1-51(2,3)38-25-36(26-39(31-38)52(4,5)6)37-27-44-43-21-14-20-42-41-19-12-13-22-46(41)55(50(42)43)53-45-28-34-23-32-15-10-11-16-33(32)24-35(34)29-47(45)54(48(30-37)49(44)53)40-17-8-7-9-18-40/h7-31H,1-6H3. The van der Waals surface area contributed by atoms with E-state index in [0.29, 0.717) is 0 Å². The fraction of sp³-hybridized carbons (Fsp3) is 0.154. The molecule has 0 N–H and O–H groups in total. The zero-order valence-corrected chi connectivity index (χ0v) is 32.4. The Morgan fingerprint density at radius 1 is 0.455 bits per heavy atom. The van der Waals surface area contributed by atoms with E-state index in [1.165, 1.54) is 105 Å². The second-order valence-electron chi connectivity index (χ2n) is 17.9. The van der Waals surface area contributed by atoms with Crippen LogP contribution in [0, 0.1) is 0 Å². The molecule has 0 fully saturated rings. The van der Waals surface area contributed by atoms with Crippen molar-refractivity contribution >= 4 is 78.2 Å². The summed E-state index contributed by atoms with van der Waals surface area (Å²) in [5.41, 5.74) is 16.8. The lowest BCUT2D eigenvalue weighted by Gasteiger charge is -2.41. The molecule has 2 nitrogen and oxygen atoms in total. The van der Waals surface area contributed by atoms with Gasteiger partial charge >= 0.3 is 6.85 Å². The molecular weight excluding hydrogens is 663 g/mol. The number of hydrogen-bond acceptors (Lipinski definition) is 1. The first-order valence-electron chi connectivity index (χ1n) is 19.7. The molecule has 55 heavy (non-hydrogen) atoms. The first-order valence-corrected chi connectivity index (χ1v) is 19.7. The van der Waals surface area contributed by atoms with E-state index in [2.05, 4.69) is 203 Å². The van der Waals surface area contributed by atoms with Crippen molar-refractivity contribution in [3.05, 3.63) is 163 Å². The number of fused-ring (bicyclic) bond motifs is 9. The van der Waals surface area contributed by atoms with Gasteiger partial charge in [-0.3, -0.25) is 0 Å². The highest BCUT2D eigenvalue weighted by atomic mass is 15.2. The van der Waals surface area contributed by atoms with E-state index in [1.54, 1.807) is 0 Å². The number of anilines is 3. The lowest BCUT2D eigenvalue weighted by atomic mass is 9.45. The molecular formula is C52H43BN2. The summed E-state index contributed by atoms with van der Waals surface area (Å²) in [7, 11) is 0. The van der Waals surface area contributed by atoms with Crippen molar-refractivity contribution in [3.63, 3.8) is 0 Å². The van der Waals surface area contributed by atoms with E-state index >= 15 is 0 Å². The van der Waals surface area contributed by atoms with Gasteiger partial charge in [0, 0.05) is 44.4 Å². The lowest BCUT2D eigenvalue weighted by Crippen LogP contribution is -2.56. The molecule has 0 saturated heterocycles. The lowest BCUT2D eigenvalue weighted by molar-refractivity contribution is 0.569. The van der Waals surface area contributed by atoms with Gasteiger partial charge in [0.2, 0.25) is 0 Å². The number of benzene rings is 8. The third-order valence-corrected chi connectivity index (χ3v) is 12.4. The minimum Gasteiger partial charge on any atom is -0.375 e. The van der Waals surface area contributed by atoms with Crippen LogP contribution in [0.2, 0.25) is 0 Å². The molecule has 2 aliphatic heterocycles. The van der Waals surface area contributed by atoms with Crippen LogP contribution in [0.4, 0.5) is 17.1 Å². The number of para-hydroxylation sites is 3. The molecule has 1 aromatic heterocycles. The highest BCUT2D eigenvalue weighted by Gasteiger charge is 2.43. The number of aromatic nitrogens is 1. The normalized spacial score (nSPS) is 13.6. The SMILES string of the molecule is CC(C)(C)c1cc(-c2cc3c4c(c2)N(c2ccccc2)c2cc5cc6ccccc6cc5cc2B4n2c4ccccc4c4cccc-3c42)cc(C(C)(C)C)c1. The molecule has 0 spiro atoms. The Morgan fingerprint density at radius 3 is 1.78 bits per heavy atom. The van der Waals surface area contributed by atoms with Crippen LogP contribution in [0.15, 0.2) is 152 Å². The Balaban J connectivity index is 1.31. The van der Waals surface area contributed by atoms with Gasteiger partial charge in [-0.05, 0) is 120 Å². The van der Waals surface area contributed by atoms with Crippen molar-refractivity contribution in [2.24, 2.45) is 0 Å². The third kappa shape index (κ3) is 4.75. The van der Waals surface area contributed by atoms with E-state index in [9.17, 15) is 0 Å². The topological polar surface area (TPSA) is 8.17 Å². The molecule has 264 valence electrons. The average Bonchev–Trinajstić information content (AvgIpc) is 3.52. The molecule has 0 aliphatic carbocycles. The van der Waals surface area contributed by atoms with Gasteiger partial charge in [-0.1, -0.05) is 145 Å². The maximum atomic E-state index is 2.66. The highest BCUT2D eigenvalue weighted by molar-refractivity contribution is 6.90. The third-order valence-electron chi connectivity index (χ3n) is 12.4. The predicted octanol–water partition coefficient (Wildman–Crippen LogP) is 12.8. The molecule has 3 heterocycles. The van der Waals surface area contributed by atoms with E-state index < -0.39 is 0 Å². The fourth-order valence-corrected chi connectivity index (χ4v) is 9.52. The summed E-state index contributed by atoms with van der Waals surface area (Å²) < 4.78 is 2.66. The minimum atomic E-state index is -0.00627. The minimum absolute atomic E-state index is 0.00627. The monoisotopic (exact) mass is 706 g/mol. The van der Waals surface area contributed by atoms with Gasteiger partial charge in [0.25, 0.3) is 0 Å². The fourth-order valence-electron chi connectivity index (χ4n) is 9.52. The zero-order valence-electron chi connectivity index (χ0n) is 32.4. The van der Waals surface area contributed by atoms with Crippen LogP contribution in [-0.2, 0) is 10.8 Å². The average molecular weight is 707 g/mol. The molecule has 8 aromatic carbocycles. The van der Waals surface area contributed by atoms with Crippen molar-refractivity contribution in [2.45, 2.75) is 52.4 Å². The van der Waals surface area contributed by atoms with Crippen LogP contribution in [-0.4, -0.2) is 11.3 Å². The quantitative estimate of drug-likeness (QED) is 0.128. The van der Waals surface area contributed by atoms with Gasteiger partial charge < -0.3 is 9.38 Å². The van der Waals surface area contributed by atoms with Gasteiger partial charge in [-0.15, -0.1) is 0 Å². The summed E-state index contributed by atoms with van der Waals surface area (Å²) in [5, 5.41) is 7.68.